The highest BCUT2D eigenvalue weighted by molar-refractivity contribution is 5.77. The van der Waals surface area contributed by atoms with Crippen LogP contribution >= 0.6 is 0 Å². The van der Waals surface area contributed by atoms with Crippen molar-refractivity contribution in [2.45, 2.75) is 19.8 Å². The molecule has 0 saturated heterocycles. The van der Waals surface area contributed by atoms with Crippen LogP contribution < -0.4 is 4.74 Å². The molecule has 0 heterocycles. The van der Waals surface area contributed by atoms with Gasteiger partial charge in [-0.15, -0.1) is 0 Å². The lowest BCUT2D eigenvalue weighted by molar-refractivity contribution is -0.385. The Labute approximate surface area is 122 Å². The fraction of sp³-hybridized carbons (Fsp3) is 0.188. The Hall–Kier alpha value is -2.69. The van der Waals surface area contributed by atoms with Crippen LogP contribution in [0.5, 0.6) is 11.5 Å². The first-order valence-corrected chi connectivity index (χ1v) is 6.52. The summed E-state index contributed by atoms with van der Waals surface area (Å²) < 4.78 is 5.60. The summed E-state index contributed by atoms with van der Waals surface area (Å²) in [4.78, 5) is 21.2. The van der Waals surface area contributed by atoms with E-state index in [9.17, 15) is 14.9 Å². The maximum Gasteiger partial charge on any atom is 0.312 e. The monoisotopic (exact) mass is 285 g/mol. The van der Waals surface area contributed by atoms with Crippen molar-refractivity contribution in [2.24, 2.45) is 0 Å². The van der Waals surface area contributed by atoms with Gasteiger partial charge in [-0.2, -0.15) is 0 Å². The largest absolute Gasteiger partial charge is 0.450 e. The quantitative estimate of drug-likeness (QED) is 0.466. The predicted octanol–water partition coefficient (Wildman–Crippen LogP) is 4.32. The van der Waals surface area contributed by atoms with Crippen molar-refractivity contribution in [3.63, 3.8) is 0 Å². The van der Waals surface area contributed by atoms with Gasteiger partial charge in [-0.3, -0.25) is 14.9 Å². The van der Waals surface area contributed by atoms with Crippen LogP contribution in [0.25, 0.3) is 0 Å². The summed E-state index contributed by atoms with van der Waals surface area (Å²) in [7, 11) is 0. The van der Waals surface area contributed by atoms with Gasteiger partial charge in [0.15, 0.2) is 0 Å². The predicted molar refractivity (Wildman–Crippen MR) is 79.1 cm³/mol. The minimum Gasteiger partial charge on any atom is -0.450 e. The van der Waals surface area contributed by atoms with Crippen molar-refractivity contribution in [3.05, 3.63) is 63.7 Å². The molecule has 0 unspecified atom stereocenters. The summed E-state index contributed by atoms with van der Waals surface area (Å²) in [5, 5.41) is 11.1. The molecule has 0 saturated carbocycles. The number of ether oxygens (including phenoxy) is 1. The molecule has 0 N–H and O–H groups in total. The molecule has 0 radical (unpaired) electrons. The third kappa shape index (κ3) is 3.45. The number of nitro benzene ring substituents is 1. The first kappa shape index (κ1) is 14.7. The molecule has 0 atom stereocenters. The Balaban J connectivity index is 2.37. The van der Waals surface area contributed by atoms with Gasteiger partial charge in [-0.05, 0) is 35.7 Å². The van der Waals surface area contributed by atoms with Crippen LogP contribution in [-0.2, 0) is 0 Å². The molecule has 0 aliphatic rings. The standard InChI is InChI=1S/C16H15NO4/c1-11(2)13-4-3-5-14(9-13)21-16-7-6-12(10-18)8-15(16)17(19)20/h3-11H,1-2H3. The molecule has 0 aliphatic heterocycles. The Morgan fingerprint density at radius 2 is 1.95 bits per heavy atom. The van der Waals surface area contributed by atoms with Crippen LogP contribution in [0.15, 0.2) is 42.5 Å². The molecule has 5 heteroatoms. The van der Waals surface area contributed by atoms with Crippen LogP contribution in [0.2, 0.25) is 0 Å². The third-order valence-corrected chi connectivity index (χ3v) is 3.07. The van der Waals surface area contributed by atoms with Crippen LogP contribution in [0.1, 0.15) is 35.7 Å². The highest BCUT2D eigenvalue weighted by Gasteiger charge is 2.17. The number of carbonyl (C=O) groups excluding carboxylic acids is 1. The molecule has 0 aliphatic carbocycles. The van der Waals surface area contributed by atoms with Gasteiger partial charge in [0.25, 0.3) is 0 Å². The third-order valence-electron chi connectivity index (χ3n) is 3.07. The fourth-order valence-corrected chi connectivity index (χ4v) is 1.90. The molecule has 0 bridgehead atoms. The zero-order valence-electron chi connectivity index (χ0n) is 11.8. The molecule has 0 fully saturated rings. The minimum atomic E-state index is -0.561. The fourth-order valence-electron chi connectivity index (χ4n) is 1.90. The van der Waals surface area contributed by atoms with Crippen molar-refractivity contribution in [1.29, 1.82) is 0 Å². The van der Waals surface area contributed by atoms with E-state index in [1.165, 1.54) is 18.2 Å². The Kier molecular flexibility index (Phi) is 4.33. The summed E-state index contributed by atoms with van der Waals surface area (Å²) in [5.41, 5.74) is 1.10. The van der Waals surface area contributed by atoms with Gasteiger partial charge in [0.2, 0.25) is 5.75 Å². The van der Waals surface area contributed by atoms with E-state index in [4.69, 9.17) is 4.74 Å². The molecule has 0 spiro atoms. The Morgan fingerprint density at radius 3 is 2.57 bits per heavy atom. The zero-order chi connectivity index (χ0) is 15.4. The average molecular weight is 285 g/mol. The summed E-state index contributed by atoms with van der Waals surface area (Å²) in [6.45, 7) is 4.11. The molecular weight excluding hydrogens is 270 g/mol. The second-order valence-electron chi connectivity index (χ2n) is 4.93. The van der Waals surface area contributed by atoms with Gasteiger partial charge >= 0.3 is 5.69 Å². The SMILES string of the molecule is CC(C)c1cccc(Oc2ccc(C=O)cc2[N+](=O)[O-])c1. The van der Waals surface area contributed by atoms with Crippen LogP contribution in [0.4, 0.5) is 5.69 Å². The molecule has 2 aromatic rings. The number of hydrogen-bond donors (Lipinski definition) is 0. The molecule has 2 rings (SSSR count). The Bertz CT molecular complexity index is 680. The molecule has 21 heavy (non-hydrogen) atoms. The maximum atomic E-state index is 11.1. The molecule has 5 nitrogen and oxygen atoms in total. The van der Waals surface area contributed by atoms with Gasteiger partial charge in [0.1, 0.15) is 12.0 Å². The minimum absolute atomic E-state index is 0.117. The van der Waals surface area contributed by atoms with E-state index in [-0.39, 0.29) is 17.0 Å². The molecule has 108 valence electrons. The average Bonchev–Trinajstić information content (AvgIpc) is 2.47. The smallest absolute Gasteiger partial charge is 0.312 e. The number of rotatable bonds is 5. The van der Waals surface area contributed by atoms with E-state index in [0.29, 0.717) is 18.0 Å². The number of nitro groups is 1. The van der Waals surface area contributed by atoms with Crippen LogP contribution in [0, 0.1) is 10.1 Å². The van der Waals surface area contributed by atoms with Crippen molar-refractivity contribution in [2.75, 3.05) is 0 Å². The lowest BCUT2D eigenvalue weighted by Crippen LogP contribution is -1.96. The van der Waals surface area contributed by atoms with Crippen LogP contribution in [0.3, 0.4) is 0 Å². The highest BCUT2D eigenvalue weighted by Crippen LogP contribution is 2.32. The van der Waals surface area contributed by atoms with Crippen molar-refractivity contribution >= 4 is 12.0 Å². The first-order valence-electron chi connectivity index (χ1n) is 6.52. The van der Waals surface area contributed by atoms with Gasteiger partial charge in [0, 0.05) is 11.6 Å². The molecule has 0 aromatic heterocycles. The van der Waals surface area contributed by atoms with Gasteiger partial charge in [-0.25, -0.2) is 0 Å². The summed E-state index contributed by atoms with van der Waals surface area (Å²) in [6, 6.07) is 11.5. The van der Waals surface area contributed by atoms with Gasteiger partial charge in [-0.1, -0.05) is 26.0 Å². The number of aldehydes is 1. The Morgan fingerprint density at radius 1 is 1.19 bits per heavy atom. The number of carbonyl (C=O) groups is 1. The number of nitrogens with zero attached hydrogens (tertiary/aromatic N) is 1. The van der Waals surface area contributed by atoms with Crippen molar-refractivity contribution in [3.8, 4) is 11.5 Å². The van der Waals surface area contributed by atoms with E-state index in [1.54, 1.807) is 6.07 Å². The summed E-state index contributed by atoms with van der Waals surface area (Å²) in [6.07, 6.45) is 0.566. The van der Waals surface area contributed by atoms with Gasteiger partial charge < -0.3 is 4.74 Å². The second-order valence-corrected chi connectivity index (χ2v) is 4.93. The van der Waals surface area contributed by atoms with E-state index in [0.717, 1.165) is 5.56 Å². The molecule has 0 amide bonds. The normalized spacial score (nSPS) is 10.4. The lowest BCUT2D eigenvalue weighted by atomic mass is 10.0. The summed E-state index contributed by atoms with van der Waals surface area (Å²) >= 11 is 0. The van der Waals surface area contributed by atoms with Crippen LogP contribution in [-0.4, -0.2) is 11.2 Å². The maximum absolute atomic E-state index is 11.1. The van der Waals surface area contributed by atoms with Gasteiger partial charge in [0.05, 0.1) is 4.92 Å². The van der Waals surface area contributed by atoms with E-state index >= 15 is 0 Å². The first-order chi connectivity index (χ1) is 10.0. The summed E-state index contributed by atoms with van der Waals surface area (Å²) in [5.74, 6) is 0.982. The highest BCUT2D eigenvalue weighted by atomic mass is 16.6. The number of hydrogen-bond acceptors (Lipinski definition) is 4. The van der Waals surface area contributed by atoms with E-state index < -0.39 is 4.92 Å². The lowest BCUT2D eigenvalue weighted by Gasteiger charge is -2.10. The van der Waals surface area contributed by atoms with E-state index in [1.807, 2.05) is 18.2 Å². The topological polar surface area (TPSA) is 69.4 Å². The molecule has 2 aromatic carbocycles. The molecular formula is C16H15NO4. The number of benzene rings is 2. The second kappa shape index (κ2) is 6.17. The van der Waals surface area contributed by atoms with Crippen molar-refractivity contribution in [1.82, 2.24) is 0 Å². The van der Waals surface area contributed by atoms with E-state index in [2.05, 4.69) is 13.8 Å². The van der Waals surface area contributed by atoms with Crippen molar-refractivity contribution < 1.29 is 14.5 Å². The zero-order valence-corrected chi connectivity index (χ0v) is 11.8.